The van der Waals surface area contributed by atoms with Gasteiger partial charge in [-0.05, 0) is 41.5 Å². The van der Waals surface area contributed by atoms with E-state index in [4.69, 9.17) is 4.74 Å². The normalized spacial score (nSPS) is 11.6. The molecule has 0 aliphatic carbocycles. The smallest absolute Gasteiger partial charge is 0.461 e. The molecular weight excluding hydrogens is 403 g/mol. The topological polar surface area (TPSA) is 83.5 Å². The predicted octanol–water partition coefficient (Wildman–Crippen LogP) is 2.93. The number of ether oxygens (including phenoxy) is 2. The van der Waals surface area contributed by atoms with Gasteiger partial charge in [-0.1, -0.05) is 12.1 Å². The third kappa shape index (κ3) is 4.40. The molecule has 0 saturated carbocycles. The number of pyridine rings is 1. The van der Waals surface area contributed by atoms with Crippen LogP contribution in [0.2, 0.25) is 0 Å². The van der Waals surface area contributed by atoms with E-state index in [1.807, 2.05) is 0 Å². The molecular formula is C19H14F3N5O3. The van der Waals surface area contributed by atoms with Gasteiger partial charge in [0.1, 0.15) is 12.4 Å². The highest BCUT2D eigenvalue weighted by Crippen LogP contribution is 2.26. The SMILES string of the molecule is O=c1n(CCOc2ncccn2)nc2ccc(-c3ccc(OC(F)(F)F)cc3)cn12. The molecule has 0 N–H and O–H groups in total. The van der Waals surface area contributed by atoms with Gasteiger partial charge in [0, 0.05) is 18.6 Å². The Morgan fingerprint density at radius 1 is 0.967 bits per heavy atom. The second kappa shape index (κ2) is 7.85. The molecule has 8 nitrogen and oxygen atoms in total. The summed E-state index contributed by atoms with van der Waals surface area (Å²) in [6.45, 7) is 0.346. The number of rotatable bonds is 6. The van der Waals surface area contributed by atoms with Gasteiger partial charge < -0.3 is 9.47 Å². The average molecular weight is 417 g/mol. The molecule has 0 unspecified atom stereocenters. The minimum Gasteiger partial charge on any atom is -0.461 e. The first-order valence-electron chi connectivity index (χ1n) is 8.74. The van der Waals surface area contributed by atoms with Crippen molar-refractivity contribution in [3.8, 4) is 22.9 Å². The lowest BCUT2D eigenvalue weighted by molar-refractivity contribution is -0.274. The molecule has 0 bridgehead atoms. The first-order chi connectivity index (χ1) is 14.4. The van der Waals surface area contributed by atoms with Gasteiger partial charge in [-0.2, -0.15) is 0 Å². The summed E-state index contributed by atoms with van der Waals surface area (Å²) >= 11 is 0. The highest BCUT2D eigenvalue weighted by Gasteiger charge is 2.30. The van der Waals surface area contributed by atoms with Gasteiger partial charge in [0.2, 0.25) is 0 Å². The van der Waals surface area contributed by atoms with Crippen LogP contribution >= 0.6 is 0 Å². The fourth-order valence-electron chi connectivity index (χ4n) is 2.77. The summed E-state index contributed by atoms with van der Waals surface area (Å²) in [6.07, 6.45) is -0.0912. The number of fused-ring (bicyclic) bond motifs is 1. The molecule has 1 aromatic carbocycles. The number of nitrogens with zero attached hydrogens (tertiary/aromatic N) is 5. The Morgan fingerprint density at radius 3 is 2.37 bits per heavy atom. The molecule has 0 radical (unpaired) electrons. The van der Waals surface area contributed by atoms with Crippen LogP contribution in [0.4, 0.5) is 13.2 Å². The fraction of sp³-hybridized carbons (Fsp3) is 0.158. The minimum absolute atomic E-state index is 0.154. The molecule has 0 amide bonds. The molecule has 11 heteroatoms. The van der Waals surface area contributed by atoms with Crippen molar-refractivity contribution < 1.29 is 22.6 Å². The molecule has 154 valence electrons. The van der Waals surface area contributed by atoms with Gasteiger partial charge in [-0.3, -0.25) is 0 Å². The van der Waals surface area contributed by atoms with E-state index in [1.165, 1.54) is 33.3 Å². The standard InChI is InChI=1S/C19H14F3N5O3/c20-19(21,22)30-15-5-2-13(3-6-15)14-4-7-16-25-27(18(28)26(16)12-14)10-11-29-17-23-8-1-9-24-17/h1-9,12H,10-11H2. The van der Waals surface area contributed by atoms with E-state index < -0.39 is 6.36 Å². The van der Waals surface area contributed by atoms with Crippen LogP contribution in [-0.2, 0) is 6.54 Å². The highest BCUT2D eigenvalue weighted by atomic mass is 19.4. The van der Waals surface area contributed by atoms with Gasteiger partial charge in [0.25, 0.3) is 0 Å². The largest absolute Gasteiger partial charge is 0.573 e. The zero-order valence-electron chi connectivity index (χ0n) is 15.3. The molecule has 0 saturated heterocycles. The van der Waals surface area contributed by atoms with Crippen molar-refractivity contribution in [3.63, 3.8) is 0 Å². The van der Waals surface area contributed by atoms with Crippen molar-refractivity contribution in [3.05, 3.63) is 71.5 Å². The minimum atomic E-state index is -4.75. The van der Waals surface area contributed by atoms with Crippen molar-refractivity contribution in [1.82, 2.24) is 24.1 Å². The van der Waals surface area contributed by atoms with Crippen LogP contribution in [0.1, 0.15) is 0 Å². The molecule has 0 aliphatic rings. The Labute approximate surface area is 167 Å². The van der Waals surface area contributed by atoms with E-state index in [0.717, 1.165) is 0 Å². The Morgan fingerprint density at radius 2 is 1.67 bits per heavy atom. The van der Waals surface area contributed by atoms with E-state index in [-0.39, 0.29) is 30.6 Å². The molecule has 0 atom stereocenters. The quantitative estimate of drug-likeness (QED) is 0.480. The van der Waals surface area contributed by atoms with Crippen LogP contribution in [0, 0.1) is 0 Å². The first-order valence-corrected chi connectivity index (χ1v) is 8.74. The summed E-state index contributed by atoms with van der Waals surface area (Å²) in [5.41, 5.74) is 1.31. The summed E-state index contributed by atoms with van der Waals surface area (Å²) in [4.78, 5) is 20.5. The molecule has 0 fully saturated rings. The maximum absolute atomic E-state index is 12.6. The van der Waals surface area contributed by atoms with E-state index in [0.29, 0.717) is 16.8 Å². The van der Waals surface area contributed by atoms with Crippen molar-refractivity contribution in [2.24, 2.45) is 0 Å². The Balaban J connectivity index is 1.51. The number of benzene rings is 1. The third-order valence-electron chi connectivity index (χ3n) is 4.07. The van der Waals surface area contributed by atoms with E-state index >= 15 is 0 Å². The summed E-state index contributed by atoms with van der Waals surface area (Å²) in [7, 11) is 0. The van der Waals surface area contributed by atoms with Crippen LogP contribution in [-0.4, -0.2) is 37.1 Å². The number of aromatic nitrogens is 5. The van der Waals surface area contributed by atoms with Crippen molar-refractivity contribution in [1.29, 1.82) is 0 Å². The third-order valence-corrected chi connectivity index (χ3v) is 4.07. The summed E-state index contributed by atoms with van der Waals surface area (Å²) < 4.78 is 48.7. The number of halogens is 3. The van der Waals surface area contributed by atoms with Crippen LogP contribution in [0.3, 0.4) is 0 Å². The van der Waals surface area contributed by atoms with Gasteiger partial charge in [0.05, 0.1) is 6.54 Å². The number of hydrogen-bond acceptors (Lipinski definition) is 6. The number of hydrogen-bond donors (Lipinski definition) is 0. The van der Waals surface area contributed by atoms with Gasteiger partial charge in [-0.15, -0.1) is 18.3 Å². The van der Waals surface area contributed by atoms with Gasteiger partial charge >= 0.3 is 18.1 Å². The fourth-order valence-corrected chi connectivity index (χ4v) is 2.77. The maximum atomic E-state index is 12.6. The molecule has 3 heterocycles. The van der Waals surface area contributed by atoms with Gasteiger partial charge in [0.15, 0.2) is 5.65 Å². The molecule has 30 heavy (non-hydrogen) atoms. The van der Waals surface area contributed by atoms with Crippen LogP contribution in [0.5, 0.6) is 11.8 Å². The summed E-state index contributed by atoms with van der Waals surface area (Å²) in [6, 6.07) is 10.6. The number of alkyl halides is 3. The zero-order chi connectivity index (χ0) is 21.1. The lowest BCUT2D eigenvalue weighted by Gasteiger charge is -2.09. The van der Waals surface area contributed by atoms with Crippen molar-refractivity contribution in [2.75, 3.05) is 6.61 Å². The molecule has 4 rings (SSSR count). The first kappa shape index (κ1) is 19.4. The Bertz CT molecular complexity index is 1200. The molecule has 0 aliphatic heterocycles. The molecule has 4 aromatic rings. The Hall–Kier alpha value is -3.89. The van der Waals surface area contributed by atoms with Crippen molar-refractivity contribution in [2.45, 2.75) is 12.9 Å². The predicted molar refractivity (Wildman–Crippen MR) is 99.1 cm³/mol. The highest BCUT2D eigenvalue weighted by molar-refractivity contribution is 5.65. The average Bonchev–Trinajstić information content (AvgIpc) is 3.03. The van der Waals surface area contributed by atoms with Crippen LogP contribution in [0.15, 0.2) is 65.8 Å². The van der Waals surface area contributed by atoms with Crippen LogP contribution in [0.25, 0.3) is 16.8 Å². The van der Waals surface area contributed by atoms with E-state index in [1.54, 1.807) is 36.8 Å². The summed E-state index contributed by atoms with van der Waals surface area (Å²) in [5, 5.41) is 4.23. The summed E-state index contributed by atoms with van der Waals surface area (Å²) in [5.74, 6) is -0.320. The van der Waals surface area contributed by atoms with Gasteiger partial charge in [-0.25, -0.2) is 23.8 Å². The zero-order valence-corrected chi connectivity index (χ0v) is 15.3. The lowest BCUT2D eigenvalue weighted by Crippen LogP contribution is -2.24. The van der Waals surface area contributed by atoms with Crippen molar-refractivity contribution >= 4 is 5.65 Å². The lowest BCUT2D eigenvalue weighted by atomic mass is 10.1. The Kier molecular flexibility index (Phi) is 5.09. The second-order valence-electron chi connectivity index (χ2n) is 6.10. The monoisotopic (exact) mass is 417 g/mol. The van der Waals surface area contributed by atoms with E-state index in [9.17, 15) is 18.0 Å². The van der Waals surface area contributed by atoms with E-state index in [2.05, 4.69) is 19.8 Å². The molecule has 0 spiro atoms. The molecule has 3 aromatic heterocycles. The van der Waals surface area contributed by atoms with Crippen LogP contribution < -0.4 is 15.2 Å². The second-order valence-corrected chi connectivity index (χ2v) is 6.10. The maximum Gasteiger partial charge on any atom is 0.573 e.